The predicted octanol–water partition coefficient (Wildman–Crippen LogP) is -2.71. The molecule has 1 heterocycles. The van der Waals surface area contributed by atoms with Crippen molar-refractivity contribution in [3.8, 4) is 0 Å². The van der Waals surface area contributed by atoms with Gasteiger partial charge in [0.15, 0.2) is 0 Å². The van der Waals surface area contributed by atoms with Crippen LogP contribution in [0.2, 0.25) is 0 Å². The second kappa shape index (κ2) is 5.56. The second-order valence-corrected chi connectivity index (χ2v) is 3.97. The largest absolute Gasteiger partial charge is 0.456 e. The quantitative estimate of drug-likeness (QED) is 0.264. The summed E-state index contributed by atoms with van der Waals surface area (Å²) in [5, 5.41) is 46.2. The van der Waals surface area contributed by atoms with Crippen LogP contribution in [0.1, 0.15) is 6.42 Å². The van der Waals surface area contributed by atoms with Gasteiger partial charge in [0.1, 0.15) is 30.5 Å². The number of aliphatic hydroxyl groups excluding tert-OH is 5. The van der Waals surface area contributed by atoms with Crippen molar-refractivity contribution in [2.24, 2.45) is 0 Å². The van der Waals surface area contributed by atoms with E-state index >= 15 is 0 Å². The molecule has 0 bridgehead atoms. The first kappa shape index (κ1) is 14.1. The molecule has 0 unspecified atom stereocenters. The number of esters is 1. The van der Waals surface area contributed by atoms with Gasteiger partial charge in [-0.2, -0.15) is 0 Å². The van der Waals surface area contributed by atoms with Crippen molar-refractivity contribution in [1.29, 1.82) is 0 Å². The summed E-state index contributed by atoms with van der Waals surface area (Å²) in [7, 11) is 0. The Bertz CT molecular complexity index is 287. The molecule has 0 aliphatic carbocycles. The highest BCUT2D eigenvalue weighted by Gasteiger charge is 2.40. The molecule has 5 N–H and O–H groups in total. The second-order valence-electron chi connectivity index (χ2n) is 3.97. The third-order valence-corrected chi connectivity index (χ3v) is 2.66. The molecule has 7 nitrogen and oxygen atoms in total. The molecule has 1 aliphatic rings. The van der Waals surface area contributed by atoms with E-state index in [9.17, 15) is 20.1 Å². The molecule has 98 valence electrons. The van der Waals surface area contributed by atoms with Crippen LogP contribution in [-0.2, 0) is 9.53 Å². The highest BCUT2D eigenvalue weighted by Crippen LogP contribution is 2.24. The van der Waals surface area contributed by atoms with Crippen LogP contribution >= 0.6 is 0 Å². The van der Waals surface area contributed by atoms with Gasteiger partial charge < -0.3 is 30.3 Å². The van der Waals surface area contributed by atoms with Crippen LogP contribution in [-0.4, -0.2) is 68.6 Å². The molecule has 7 heteroatoms. The minimum Gasteiger partial charge on any atom is -0.456 e. The van der Waals surface area contributed by atoms with E-state index in [4.69, 9.17) is 14.9 Å². The zero-order chi connectivity index (χ0) is 13.2. The Labute approximate surface area is 97.6 Å². The first-order valence-corrected chi connectivity index (χ1v) is 5.10. The Kier molecular flexibility index (Phi) is 4.61. The van der Waals surface area contributed by atoms with E-state index in [0.29, 0.717) is 0 Å². The van der Waals surface area contributed by atoms with Crippen molar-refractivity contribution < 1.29 is 35.1 Å². The molecule has 1 fully saturated rings. The molecule has 5 atom stereocenters. The molecule has 0 aromatic heterocycles. The smallest absolute Gasteiger partial charge is 0.333 e. The van der Waals surface area contributed by atoms with Crippen molar-refractivity contribution in [3.05, 3.63) is 12.2 Å². The fourth-order valence-electron chi connectivity index (χ4n) is 1.54. The van der Waals surface area contributed by atoms with E-state index in [1.807, 2.05) is 0 Å². The number of hydrogen-bond acceptors (Lipinski definition) is 7. The van der Waals surface area contributed by atoms with Gasteiger partial charge in [-0.1, -0.05) is 6.58 Å². The number of carbonyl (C=O) groups is 1. The summed E-state index contributed by atoms with van der Waals surface area (Å²) in [6.45, 7) is 2.64. The minimum absolute atomic E-state index is 0.0407. The standard InChI is InChI=1S/C10H16O7/c1-4-2-6(17-10(4)16)8(14)9(15)7(13)5(12)3-11/h5-9,11-15H,1-3H2/t5-,6+,7-,8-,9+/m0/s1. The molecule has 17 heavy (non-hydrogen) atoms. The summed E-state index contributed by atoms with van der Waals surface area (Å²) in [4.78, 5) is 11.0. The number of aliphatic hydroxyl groups is 5. The third kappa shape index (κ3) is 3.02. The normalized spacial score (nSPS) is 27.5. The maximum atomic E-state index is 11.0. The van der Waals surface area contributed by atoms with Gasteiger partial charge in [0, 0.05) is 12.0 Å². The summed E-state index contributed by atoms with van der Waals surface area (Å²) >= 11 is 0. The lowest BCUT2D eigenvalue weighted by atomic mass is 9.97. The van der Waals surface area contributed by atoms with Crippen LogP contribution in [0.4, 0.5) is 0 Å². The topological polar surface area (TPSA) is 127 Å². The van der Waals surface area contributed by atoms with Crippen molar-refractivity contribution in [3.63, 3.8) is 0 Å². The third-order valence-electron chi connectivity index (χ3n) is 2.66. The van der Waals surface area contributed by atoms with Gasteiger partial charge in [0.2, 0.25) is 0 Å². The summed E-state index contributed by atoms with van der Waals surface area (Å²) < 4.78 is 4.72. The summed E-state index contributed by atoms with van der Waals surface area (Å²) in [5.41, 5.74) is 0.165. The number of ether oxygens (including phenoxy) is 1. The first-order chi connectivity index (χ1) is 7.88. The molecule has 1 aliphatic heterocycles. The van der Waals surface area contributed by atoms with Gasteiger partial charge >= 0.3 is 5.97 Å². The van der Waals surface area contributed by atoms with Gasteiger partial charge in [-0.15, -0.1) is 0 Å². The predicted molar refractivity (Wildman–Crippen MR) is 54.8 cm³/mol. The highest BCUT2D eigenvalue weighted by atomic mass is 16.6. The molecule has 0 saturated carbocycles. The van der Waals surface area contributed by atoms with Crippen LogP contribution in [0, 0.1) is 0 Å². The monoisotopic (exact) mass is 248 g/mol. The number of cyclic esters (lactones) is 1. The van der Waals surface area contributed by atoms with E-state index in [1.54, 1.807) is 0 Å². The van der Waals surface area contributed by atoms with Crippen molar-refractivity contribution in [2.45, 2.75) is 36.9 Å². The lowest BCUT2D eigenvalue weighted by molar-refractivity contribution is -0.159. The van der Waals surface area contributed by atoms with Crippen LogP contribution in [0.5, 0.6) is 0 Å². The Hall–Kier alpha value is -0.990. The first-order valence-electron chi connectivity index (χ1n) is 5.10. The van der Waals surface area contributed by atoms with Crippen LogP contribution in [0.3, 0.4) is 0 Å². The number of carbonyl (C=O) groups excluding carboxylic acids is 1. The maximum absolute atomic E-state index is 11.0. The molecule has 0 radical (unpaired) electrons. The molecule has 1 rings (SSSR count). The molecular formula is C10H16O7. The van der Waals surface area contributed by atoms with Gasteiger partial charge in [-0.05, 0) is 0 Å². The Morgan fingerprint density at radius 3 is 2.29 bits per heavy atom. The fourth-order valence-corrected chi connectivity index (χ4v) is 1.54. The summed E-state index contributed by atoms with van der Waals surface area (Å²) in [6, 6.07) is 0. The number of hydrogen-bond donors (Lipinski definition) is 5. The van der Waals surface area contributed by atoms with E-state index in [1.165, 1.54) is 0 Å². The van der Waals surface area contributed by atoms with Crippen molar-refractivity contribution in [2.75, 3.05) is 6.61 Å². The van der Waals surface area contributed by atoms with Crippen LogP contribution < -0.4 is 0 Å². The zero-order valence-electron chi connectivity index (χ0n) is 9.06. The zero-order valence-corrected chi connectivity index (χ0v) is 9.06. The molecular weight excluding hydrogens is 232 g/mol. The average Bonchev–Trinajstić information content (AvgIpc) is 2.65. The van der Waals surface area contributed by atoms with E-state index < -0.39 is 43.1 Å². The summed E-state index contributed by atoms with van der Waals surface area (Å²) in [6.07, 6.45) is -7.58. The maximum Gasteiger partial charge on any atom is 0.333 e. The van der Waals surface area contributed by atoms with Crippen molar-refractivity contribution >= 4 is 5.97 Å². The Balaban J connectivity index is 2.61. The molecule has 1 saturated heterocycles. The molecule has 0 aromatic carbocycles. The minimum atomic E-state index is -1.74. The van der Waals surface area contributed by atoms with E-state index in [2.05, 4.69) is 6.58 Å². The lowest BCUT2D eigenvalue weighted by Crippen LogP contribution is -2.49. The number of rotatable bonds is 5. The van der Waals surface area contributed by atoms with Gasteiger partial charge in [0.05, 0.1) is 6.61 Å². The van der Waals surface area contributed by atoms with Gasteiger partial charge in [-0.3, -0.25) is 0 Å². The van der Waals surface area contributed by atoms with Gasteiger partial charge in [0.25, 0.3) is 0 Å². The van der Waals surface area contributed by atoms with Crippen LogP contribution in [0.15, 0.2) is 12.2 Å². The van der Waals surface area contributed by atoms with E-state index in [-0.39, 0.29) is 12.0 Å². The summed E-state index contributed by atoms with van der Waals surface area (Å²) in [5.74, 6) is -0.668. The Morgan fingerprint density at radius 1 is 1.29 bits per heavy atom. The van der Waals surface area contributed by atoms with E-state index in [0.717, 1.165) is 0 Å². The average molecular weight is 248 g/mol. The van der Waals surface area contributed by atoms with Gasteiger partial charge in [-0.25, -0.2) is 4.79 Å². The lowest BCUT2D eigenvalue weighted by Gasteiger charge is -2.28. The fraction of sp³-hybridized carbons (Fsp3) is 0.700. The molecule has 0 amide bonds. The van der Waals surface area contributed by atoms with Crippen LogP contribution in [0.25, 0.3) is 0 Å². The highest BCUT2D eigenvalue weighted by molar-refractivity contribution is 5.90. The SMILES string of the molecule is C=C1C[C@H]([C@H](O)[C@H](O)[C@@H](O)[C@@H](O)CO)OC1=O. The molecule has 0 aromatic rings. The van der Waals surface area contributed by atoms with Crippen molar-refractivity contribution in [1.82, 2.24) is 0 Å². The molecule has 0 spiro atoms. The Morgan fingerprint density at radius 2 is 1.88 bits per heavy atom.